The first-order valence-electron chi connectivity index (χ1n) is 2.88. The van der Waals surface area contributed by atoms with Crippen molar-refractivity contribution in [3.8, 4) is 0 Å². The van der Waals surface area contributed by atoms with Gasteiger partial charge in [-0.3, -0.25) is 0 Å². The molecule has 0 spiro atoms. The maximum atomic E-state index is 12.5. The van der Waals surface area contributed by atoms with E-state index >= 15 is 0 Å². The Balaban J connectivity index is 0.000001000. The topological polar surface area (TPSA) is 26.0 Å². The molecular formula is C7H8F2IN. The molecule has 0 radical (unpaired) electrons. The second kappa shape index (κ2) is 4.61. The molecule has 11 heavy (non-hydrogen) atoms. The first kappa shape index (κ1) is 10.8. The number of hydrogen-bond acceptors (Lipinski definition) is 1. The summed E-state index contributed by atoms with van der Waals surface area (Å²) in [5.74, 6) is -1.16. The number of halogens is 3. The van der Waals surface area contributed by atoms with Crippen LogP contribution in [0.1, 0.15) is 5.56 Å². The van der Waals surface area contributed by atoms with E-state index in [2.05, 4.69) is 0 Å². The fourth-order valence-corrected chi connectivity index (χ4v) is 0.727. The van der Waals surface area contributed by atoms with E-state index in [-0.39, 0.29) is 36.1 Å². The van der Waals surface area contributed by atoms with E-state index in [1.807, 2.05) is 0 Å². The summed E-state index contributed by atoms with van der Waals surface area (Å²) in [6.45, 7) is -0.0987. The average molecular weight is 271 g/mol. The van der Waals surface area contributed by atoms with Gasteiger partial charge in [0.15, 0.2) is 0 Å². The van der Waals surface area contributed by atoms with E-state index in [0.29, 0.717) is 0 Å². The molecule has 1 aromatic rings. The van der Waals surface area contributed by atoms with E-state index in [1.54, 1.807) is 0 Å². The smallest absolute Gasteiger partial charge is 0.130 e. The molecular weight excluding hydrogens is 263 g/mol. The number of rotatable bonds is 1. The molecule has 0 atom stereocenters. The first-order chi connectivity index (χ1) is 4.75. The van der Waals surface area contributed by atoms with Crippen molar-refractivity contribution in [3.63, 3.8) is 0 Å². The molecule has 0 aromatic heterocycles. The second-order valence-electron chi connectivity index (χ2n) is 1.90. The lowest BCUT2D eigenvalue weighted by molar-refractivity contribution is 0.557. The van der Waals surface area contributed by atoms with Crippen LogP contribution in [-0.2, 0) is 6.54 Å². The van der Waals surface area contributed by atoms with Gasteiger partial charge in [0.1, 0.15) is 11.6 Å². The van der Waals surface area contributed by atoms with Crippen LogP contribution in [0.2, 0.25) is 0 Å². The molecule has 62 valence electrons. The van der Waals surface area contributed by atoms with E-state index < -0.39 is 11.6 Å². The number of nitrogens with two attached hydrogens (primary N) is 1. The summed E-state index contributed by atoms with van der Waals surface area (Å²) in [5.41, 5.74) is 5.02. The van der Waals surface area contributed by atoms with Crippen LogP contribution in [-0.4, -0.2) is 0 Å². The zero-order valence-corrected chi connectivity index (χ0v) is 8.01. The van der Waals surface area contributed by atoms with Crippen LogP contribution in [0, 0.1) is 11.6 Å². The van der Waals surface area contributed by atoms with E-state index in [4.69, 9.17) is 5.73 Å². The van der Waals surface area contributed by atoms with Gasteiger partial charge in [-0.05, 0) is 12.1 Å². The predicted octanol–water partition coefficient (Wildman–Crippen LogP) is 2.04. The van der Waals surface area contributed by atoms with Gasteiger partial charge < -0.3 is 5.73 Å². The van der Waals surface area contributed by atoms with E-state index in [9.17, 15) is 8.78 Å². The first-order valence-corrected chi connectivity index (χ1v) is 2.88. The van der Waals surface area contributed by atoms with Crippen molar-refractivity contribution in [2.75, 3.05) is 0 Å². The Labute approximate surface area is 80.6 Å². The number of hydrogen-bond donors (Lipinski definition) is 1. The Morgan fingerprint density at radius 3 is 1.91 bits per heavy atom. The summed E-state index contributed by atoms with van der Waals surface area (Å²) in [5, 5.41) is 0. The van der Waals surface area contributed by atoms with Crippen LogP contribution in [0.5, 0.6) is 0 Å². The summed E-state index contributed by atoms with van der Waals surface area (Å²) in [4.78, 5) is 0. The van der Waals surface area contributed by atoms with Gasteiger partial charge in [0.2, 0.25) is 0 Å². The third-order valence-electron chi connectivity index (χ3n) is 1.27. The van der Waals surface area contributed by atoms with E-state index in [1.165, 1.54) is 18.2 Å². The molecule has 1 nitrogen and oxygen atoms in total. The maximum Gasteiger partial charge on any atom is 0.130 e. The van der Waals surface area contributed by atoms with Gasteiger partial charge in [0.05, 0.1) is 0 Å². The van der Waals surface area contributed by atoms with Crippen molar-refractivity contribution in [1.82, 2.24) is 0 Å². The van der Waals surface area contributed by atoms with Crippen LogP contribution >= 0.6 is 24.0 Å². The molecule has 0 aliphatic rings. The third kappa shape index (κ3) is 2.37. The maximum absolute atomic E-state index is 12.5. The molecule has 0 unspecified atom stereocenters. The van der Waals surface area contributed by atoms with Crippen molar-refractivity contribution in [3.05, 3.63) is 35.4 Å². The summed E-state index contributed by atoms with van der Waals surface area (Å²) in [6.07, 6.45) is 0. The minimum absolute atomic E-state index is 0. The average Bonchev–Trinajstić information content (AvgIpc) is 1.88. The third-order valence-corrected chi connectivity index (χ3v) is 1.27. The molecule has 2 N–H and O–H groups in total. The Morgan fingerprint density at radius 2 is 1.64 bits per heavy atom. The highest BCUT2D eigenvalue weighted by atomic mass is 127. The molecule has 0 aliphatic heterocycles. The SMILES string of the molecule is I.NCc1c(F)cccc1F. The van der Waals surface area contributed by atoms with Crippen molar-refractivity contribution >= 4 is 24.0 Å². The van der Waals surface area contributed by atoms with Crippen molar-refractivity contribution in [1.29, 1.82) is 0 Å². The van der Waals surface area contributed by atoms with Crippen molar-refractivity contribution < 1.29 is 8.78 Å². The molecule has 0 saturated carbocycles. The van der Waals surface area contributed by atoms with Gasteiger partial charge >= 0.3 is 0 Å². The summed E-state index contributed by atoms with van der Waals surface area (Å²) in [6, 6.07) is 3.68. The summed E-state index contributed by atoms with van der Waals surface area (Å²) < 4.78 is 25.1. The second-order valence-corrected chi connectivity index (χ2v) is 1.90. The van der Waals surface area contributed by atoms with Crippen LogP contribution < -0.4 is 5.73 Å². The molecule has 0 bridgehead atoms. The molecule has 0 saturated heterocycles. The van der Waals surface area contributed by atoms with E-state index in [0.717, 1.165) is 0 Å². The normalized spacial score (nSPS) is 9.00. The fourth-order valence-electron chi connectivity index (χ4n) is 0.727. The molecule has 0 heterocycles. The zero-order valence-electron chi connectivity index (χ0n) is 5.68. The molecule has 0 aliphatic carbocycles. The van der Waals surface area contributed by atoms with Crippen molar-refractivity contribution in [2.24, 2.45) is 5.73 Å². The zero-order chi connectivity index (χ0) is 7.56. The Morgan fingerprint density at radius 1 is 1.18 bits per heavy atom. The van der Waals surface area contributed by atoms with Crippen LogP contribution in [0.3, 0.4) is 0 Å². The van der Waals surface area contributed by atoms with Gasteiger partial charge in [-0.15, -0.1) is 24.0 Å². The van der Waals surface area contributed by atoms with Gasteiger partial charge in [0, 0.05) is 12.1 Å². The molecule has 0 fully saturated rings. The standard InChI is InChI=1S/C7H7F2N.HI/c8-6-2-1-3-7(9)5(6)4-10;/h1-3H,4,10H2;1H. The lowest BCUT2D eigenvalue weighted by atomic mass is 10.2. The minimum Gasteiger partial charge on any atom is -0.326 e. The molecule has 1 aromatic carbocycles. The number of benzene rings is 1. The highest BCUT2D eigenvalue weighted by Crippen LogP contribution is 2.09. The van der Waals surface area contributed by atoms with Gasteiger partial charge in [0.25, 0.3) is 0 Å². The fraction of sp³-hybridized carbons (Fsp3) is 0.143. The predicted molar refractivity (Wildman–Crippen MR) is 49.7 cm³/mol. The lowest BCUT2D eigenvalue weighted by Crippen LogP contribution is -2.02. The Kier molecular flexibility index (Phi) is 4.51. The van der Waals surface area contributed by atoms with Gasteiger partial charge in [-0.1, -0.05) is 6.07 Å². The molecule has 4 heteroatoms. The van der Waals surface area contributed by atoms with Gasteiger partial charge in [-0.2, -0.15) is 0 Å². The highest BCUT2D eigenvalue weighted by Gasteiger charge is 2.03. The molecule has 1 rings (SSSR count). The lowest BCUT2D eigenvalue weighted by Gasteiger charge is -1.98. The van der Waals surface area contributed by atoms with Crippen LogP contribution in [0.4, 0.5) is 8.78 Å². The summed E-state index contributed by atoms with van der Waals surface area (Å²) >= 11 is 0. The Hall–Kier alpha value is -0.230. The van der Waals surface area contributed by atoms with Crippen LogP contribution in [0.15, 0.2) is 18.2 Å². The van der Waals surface area contributed by atoms with Gasteiger partial charge in [-0.25, -0.2) is 8.78 Å². The minimum atomic E-state index is -0.581. The highest BCUT2D eigenvalue weighted by molar-refractivity contribution is 14.0. The molecule has 0 amide bonds. The summed E-state index contributed by atoms with van der Waals surface area (Å²) in [7, 11) is 0. The Bertz CT molecular complexity index is 220. The largest absolute Gasteiger partial charge is 0.326 e. The van der Waals surface area contributed by atoms with Crippen LogP contribution in [0.25, 0.3) is 0 Å². The van der Waals surface area contributed by atoms with Crippen molar-refractivity contribution in [2.45, 2.75) is 6.54 Å². The monoisotopic (exact) mass is 271 g/mol. The quantitative estimate of drug-likeness (QED) is 0.777.